The van der Waals surface area contributed by atoms with Crippen molar-refractivity contribution in [2.24, 2.45) is 5.92 Å². The van der Waals surface area contributed by atoms with E-state index in [1.807, 2.05) is 48.2 Å². The molecule has 0 radical (unpaired) electrons. The highest BCUT2D eigenvalue weighted by Gasteiger charge is 2.25. The summed E-state index contributed by atoms with van der Waals surface area (Å²) >= 11 is 0. The monoisotopic (exact) mass is 429 g/mol. The van der Waals surface area contributed by atoms with Crippen molar-refractivity contribution in [3.63, 3.8) is 0 Å². The number of carbonyl (C=O) groups is 2. The Balaban J connectivity index is 1.48. The summed E-state index contributed by atoms with van der Waals surface area (Å²) in [5.41, 5.74) is 2.18. The smallest absolute Gasteiger partial charge is 0.253 e. The zero-order valence-corrected chi connectivity index (χ0v) is 18.0. The molecule has 1 N–H and O–H groups in total. The summed E-state index contributed by atoms with van der Waals surface area (Å²) in [6.07, 6.45) is 2.93. The van der Waals surface area contributed by atoms with Gasteiger partial charge in [-0.25, -0.2) is 8.78 Å². The lowest BCUT2D eigenvalue weighted by molar-refractivity contribution is -0.121. The standard InChI is InChI=1S/C24H29F2N3O2/c1-28(2)20-7-3-6-19(14-20)24(31)29-12-4-5-17(16-29)9-11-23(30)27-15-18-8-10-21(25)22(26)13-18/h3,6-8,10,13-14,17H,4-5,9,11-12,15-16H2,1-2H3,(H,27,30). The molecule has 0 aliphatic carbocycles. The maximum absolute atomic E-state index is 13.3. The van der Waals surface area contributed by atoms with Gasteiger partial charge in [0, 0.05) is 51.4 Å². The third-order valence-electron chi connectivity index (χ3n) is 5.67. The first kappa shape index (κ1) is 22.7. The first-order valence-corrected chi connectivity index (χ1v) is 10.6. The molecule has 1 unspecified atom stereocenters. The van der Waals surface area contributed by atoms with Crippen molar-refractivity contribution in [3.8, 4) is 0 Å². The minimum absolute atomic E-state index is 0.0242. The van der Waals surface area contributed by atoms with Crippen LogP contribution in [-0.4, -0.2) is 43.9 Å². The average Bonchev–Trinajstić information content (AvgIpc) is 2.78. The van der Waals surface area contributed by atoms with E-state index in [4.69, 9.17) is 0 Å². The number of nitrogens with one attached hydrogen (secondary N) is 1. The number of hydrogen-bond donors (Lipinski definition) is 1. The van der Waals surface area contributed by atoms with Crippen molar-refractivity contribution in [2.45, 2.75) is 32.2 Å². The van der Waals surface area contributed by atoms with E-state index in [9.17, 15) is 18.4 Å². The number of nitrogens with zero attached hydrogens (tertiary/aromatic N) is 2. The molecule has 0 aromatic heterocycles. The SMILES string of the molecule is CN(C)c1cccc(C(=O)N2CCCC(CCC(=O)NCc3ccc(F)c(F)c3)C2)c1. The van der Waals surface area contributed by atoms with E-state index in [0.717, 1.165) is 37.2 Å². The molecule has 31 heavy (non-hydrogen) atoms. The van der Waals surface area contributed by atoms with E-state index in [1.165, 1.54) is 6.07 Å². The molecule has 0 saturated carbocycles. The highest BCUT2D eigenvalue weighted by molar-refractivity contribution is 5.95. The lowest BCUT2D eigenvalue weighted by Crippen LogP contribution is -2.40. The Kier molecular flexibility index (Phi) is 7.60. The molecule has 1 heterocycles. The number of likely N-dealkylation sites (tertiary alicyclic amines) is 1. The second-order valence-electron chi connectivity index (χ2n) is 8.27. The Bertz CT molecular complexity index is 933. The fraction of sp³-hybridized carbons (Fsp3) is 0.417. The van der Waals surface area contributed by atoms with Crippen molar-refractivity contribution < 1.29 is 18.4 Å². The van der Waals surface area contributed by atoms with Crippen molar-refractivity contribution in [1.82, 2.24) is 10.2 Å². The molecule has 0 bridgehead atoms. The Labute approximate surface area is 182 Å². The van der Waals surface area contributed by atoms with Gasteiger partial charge in [0.05, 0.1) is 0 Å². The third-order valence-corrected chi connectivity index (χ3v) is 5.67. The van der Waals surface area contributed by atoms with Crippen LogP contribution in [0.5, 0.6) is 0 Å². The highest BCUT2D eigenvalue weighted by Crippen LogP contribution is 2.23. The fourth-order valence-corrected chi connectivity index (χ4v) is 3.86. The van der Waals surface area contributed by atoms with Gasteiger partial charge >= 0.3 is 0 Å². The fourth-order valence-electron chi connectivity index (χ4n) is 3.86. The van der Waals surface area contributed by atoms with E-state index < -0.39 is 11.6 Å². The van der Waals surface area contributed by atoms with E-state index in [1.54, 1.807) is 0 Å². The molecule has 2 aromatic carbocycles. The first-order chi connectivity index (χ1) is 14.8. The minimum atomic E-state index is -0.921. The summed E-state index contributed by atoms with van der Waals surface area (Å²) in [4.78, 5) is 29.0. The normalized spacial score (nSPS) is 16.1. The number of halogens is 2. The summed E-state index contributed by atoms with van der Waals surface area (Å²) in [5, 5.41) is 2.75. The molecule has 1 atom stereocenters. The van der Waals surface area contributed by atoms with Crippen LogP contribution in [0.2, 0.25) is 0 Å². The molecule has 1 aliphatic rings. The molecular weight excluding hydrogens is 400 g/mol. The van der Waals surface area contributed by atoms with E-state index in [-0.39, 0.29) is 24.3 Å². The van der Waals surface area contributed by atoms with Crippen molar-refractivity contribution in [3.05, 3.63) is 65.2 Å². The van der Waals surface area contributed by atoms with Gasteiger partial charge in [0.25, 0.3) is 5.91 Å². The van der Waals surface area contributed by atoms with Crippen LogP contribution in [0.3, 0.4) is 0 Å². The molecule has 1 saturated heterocycles. The quantitative estimate of drug-likeness (QED) is 0.724. The van der Waals surface area contributed by atoms with Gasteiger partial charge in [-0.15, -0.1) is 0 Å². The van der Waals surface area contributed by atoms with Crippen molar-refractivity contribution in [1.29, 1.82) is 0 Å². The molecule has 1 fully saturated rings. The van der Waals surface area contributed by atoms with Gasteiger partial charge in [-0.05, 0) is 61.1 Å². The number of hydrogen-bond acceptors (Lipinski definition) is 3. The number of amides is 2. The molecule has 2 aromatic rings. The second kappa shape index (κ2) is 10.4. The molecule has 0 spiro atoms. The zero-order valence-electron chi connectivity index (χ0n) is 18.0. The van der Waals surface area contributed by atoms with Gasteiger partial charge in [0.15, 0.2) is 11.6 Å². The maximum Gasteiger partial charge on any atom is 0.253 e. The zero-order chi connectivity index (χ0) is 22.4. The Morgan fingerprint density at radius 1 is 1.13 bits per heavy atom. The predicted molar refractivity (Wildman–Crippen MR) is 117 cm³/mol. The van der Waals surface area contributed by atoms with Crippen LogP contribution in [0, 0.1) is 17.6 Å². The van der Waals surface area contributed by atoms with Crippen LogP contribution in [0.25, 0.3) is 0 Å². The Hall–Kier alpha value is -2.96. The van der Waals surface area contributed by atoms with E-state index >= 15 is 0 Å². The third kappa shape index (κ3) is 6.26. The number of carbonyl (C=O) groups excluding carboxylic acids is 2. The first-order valence-electron chi connectivity index (χ1n) is 10.6. The summed E-state index contributed by atoms with van der Waals surface area (Å²) in [7, 11) is 3.89. The molecule has 5 nitrogen and oxygen atoms in total. The van der Waals surface area contributed by atoms with Gasteiger partial charge in [0.1, 0.15) is 0 Å². The van der Waals surface area contributed by atoms with Gasteiger partial charge in [-0.1, -0.05) is 12.1 Å². The molecule has 1 aliphatic heterocycles. The van der Waals surface area contributed by atoms with Crippen LogP contribution in [0.4, 0.5) is 14.5 Å². The molecule has 166 valence electrons. The number of anilines is 1. The van der Waals surface area contributed by atoms with E-state index in [2.05, 4.69) is 5.32 Å². The van der Waals surface area contributed by atoms with Gasteiger partial charge in [-0.2, -0.15) is 0 Å². The Morgan fingerprint density at radius 2 is 1.94 bits per heavy atom. The predicted octanol–water partition coefficient (Wildman–Crippen LogP) is 3.98. The van der Waals surface area contributed by atoms with Crippen LogP contribution >= 0.6 is 0 Å². The summed E-state index contributed by atoms with van der Waals surface area (Å²) in [6, 6.07) is 11.2. The molecular formula is C24H29F2N3O2. The highest BCUT2D eigenvalue weighted by atomic mass is 19.2. The number of piperidine rings is 1. The molecule has 2 amide bonds. The topological polar surface area (TPSA) is 52.7 Å². The van der Waals surface area contributed by atoms with Crippen LogP contribution < -0.4 is 10.2 Å². The summed E-state index contributed by atoms with van der Waals surface area (Å²) < 4.78 is 26.2. The van der Waals surface area contributed by atoms with Gasteiger partial charge < -0.3 is 15.1 Å². The van der Waals surface area contributed by atoms with Crippen molar-refractivity contribution in [2.75, 3.05) is 32.1 Å². The van der Waals surface area contributed by atoms with Crippen LogP contribution in [0.1, 0.15) is 41.6 Å². The summed E-state index contributed by atoms with van der Waals surface area (Å²) in [5.74, 6) is -1.67. The molecule has 7 heteroatoms. The Morgan fingerprint density at radius 3 is 2.68 bits per heavy atom. The molecule has 3 rings (SSSR count). The lowest BCUT2D eigenvalue weighted by Gasteiger charge is -2.33. The van der Waals surface area contributed by atoms with Gasteiger partial charge in [-0.3, -0.25) is 9.59 Å². The number of benzene rings is 2. The number of rotatable bonds is 7. The largest absolute Gasteiger partial charge is 0.378 e. The summed E-state index contributed by atoms with van der Waals surface area (Å²) in [6.45, 7) is 1.53. The van der Waals surface area contributed by atoms with Crippen LogP contribution in [-0.2, 0) is 11.3 Å². The lowest BCUT2D eigenvalue weighted by atomic mass is 9.92. The average molecular weight is 430 g/mol. The van der Waals surface area contributed by atoms with Gasteiger partial charge in [0.2, 0.25) is 5.91 Å². The minimum Gasteiger partial charge on any atom is -0.378 e. The van der Waals surface area contributed by atoms with E-state index in [0.29, 0.717) is 30.5 Å². The van der Waals surface area contributed by atoms with Crippen molar-refractivity contribution >= 4 is 17.5 Å². The second-order valence-corrected chi connectivity index (χ2v) is 8.27. The maximum atomic E-state index is 13.3. The van der Waals surface area contributed by atoms with Crippen LogP contribution in [0.15, 0.2) is 42.5 Å².